The van der Waals surface area contributed by atoms with Gasteiger partial charge in [-0.25, -0.2) is 0 Å². The van der Waals surface area contributed by atoms with Gasteiger partial charge in [-0.1, -0.05) is 24.3 Å². The Bertz CT molecular complexity index is 865. The van der Waals surface area contributed by atoms with E-state index in [9.17, 15) is 20.0 Å². The second kappa shape index (κ2) is 7.13. The minimum Gasteiger partial charge on any atom is -0.496 e. The fourth-order valence-corrected chi connectivity index (χ4v) is 3.36. The predicted octanol–water partition coefficient (Wildman–Crippen LogP) is 2.47. The van der Waals surface area contributed by atoms with Crippen LogP contribution in [0.2, 0.25) is 0 Å². The summed E-state index contributed by atoms with van der Waals surface area (Å²) < 4.78 is 5.22. The molecular formula is C19H20N2O5. The molecule has 1 atom stereocenters. The van der Waals surface area contributed by atoms with Crippen LogP contribution in [0.5, 0.6) is 5.75 Å². The Morgan fingerprint density at radius 3 is 2.65 bits per heavy atom. The topological polar surface area (TPSA) is 92.9 Å². The van der Waals surface area contributed by atoms with Gasteiger partial charge < -0.3 is 14.7 Å². The Morgan fingerprint density at radius 2 is 2.04 bits per heavy atom. The van der Waals surface area contributed by atoms with Crippen molar-refractivity contribution in [2.75, 3.05) is 13.7 Å². The Kier molecular flexibility index (Phi) is 4.90. The van der Waals surface area contributed by atoms with Crippen molar-refractivity contribution in [1.82, 2.24) is 4.90 Å². The number of aliphatic hydroxyl groups is 1. The zero-order chi connectivity index (χ0) is 18.8. The lowest BCUT2D eigenvalue weighted by Crippen LogP contribution is -2.46. The number of carbonyl (C=O) groups excluding carboxylic acids is 1. The summed E-state index contributed by atoms with van der Waals surface area (Å²) in [6.07, 6.45) is 0.509. The van der Waals surface area contributed by atoms with Crippen LogP contribution >= 0.6 is 0 Å². The molecule has 0 aliphatic carbocycles. The molecular weight excluding hydrogens is 336 g/mol. The van der Waals surface area contributed by atoms with Gasteiger partial charge in [-0.2, -0.15) is 0 Å². The molecule has 2 aromatic rings. The number of nitro groups is 1. The second-order valence-corrected chi connectivity index (χ2v) is 6.34. The fraction of sp³-hybridized carbons (Fsp3) is 0.316. The number of ether oxygens (including phenoxy) is 1. The van der Waals surface area contributed by atoms with Gasteiger partial charge in [0.05, 0.1) is 24.7 Å². The van der Waals surface area contributed by atoms with Gasteiger partial charge in [0.25, 0.3) is 11.6 Å². The van der Waals surface area contributed by atoms with Gasteiger partial charge in [0.1, 0.15) is 11.3 Å². The van der Waals surface area contributed by atoms with E-state index in [1.807, 2.05) is 24.3 Å². The molecule has 0 saturated carbocycles. The first-order valence-electron chi connectivity index (χ1n) is 8.28. The lowest BCUT2D eigenvalue weighted by atomic mass is 9.93. The van der Waals surface area contributed by atoms with Gasteiger partial charge in [-0.3, -0.25) is 14.9 Å². The molecule has 1 amide bonds. The number of amides is 1. The summed E-state index contributed by atoms with van der Waals surface area (Å²) in [5, 5.41) is 21.2. The molecule has 2 aromatic carbocycles. The maximum atomic E-state index is 13.1. The first-order chi connectivity index (χ1) is 12.5. The van der Waals surface area contributed by atoms with Crippen molar-refractivity contribution in [3.05, 3.63) is 68.8 Å². The standard InChI is InChI=1S/C19H20N2O5/c1-12-7-17(21(24)25)16(9-18(12)26-2)19(23)20-10-14-6-4-3-5-13(14)8-15(20)11-22/h3-7,9,15,22H,8,10-11H2,1-2H3/t15-/m0/s1. The summed E-state index contributed by atoms with van der Waals surface area (Å²) in [6, 6.07) is 10.0. The molecule has 0 spiro atoms. The van der Waals surface area contributed by atoms with Crippen LogP contribution in [0.25, 0.3) is 0 Å². The highest BCUT2D eigenvalue weighted by molar-refractivity contribution is 5.99. The van der Waals surface area contributed by atoms with E-state index in [4.69, 9.17) is 4.74 Å². The zero-order valence-corrected chi connectivity index (χ0v) is 14.6. The number of hydrogen-bond donors (Lipinski definition) is 1. The number of benzene rings is 2. The number of nitro benzene ring substituents is 1. The minimum absolute atomic E-state index is 0.0321. The van der Waals surface area contributed by atoms with Crippen LogP contribution in [0.4, 0.5) is 5.69 Å². The third-order valence-corrected chi connectivity index (χ3v) is 4.77. The Labute approximate surface area is 151 Å². The summed E-state index contributed by atoms with van der Waals surface area (Å²) in [5.41, 5.74) is 2.34. The van der Waals surface area contributed by atoms with Crippen molar-refractivity contribution in [2.24, 2.45) is 0 Å². The van der Waals surface area contributed by atoms with Gasteiger partial charge in [-0.15, -0.1) is 0 Å². The molecule has 0 fully saturated rings. The monoisotopic (exact) mass is 356 g/mol. The molecule has 0 bridgehead atoms. The van der Waals surface area contributed by atoms with Crippen LogP contribution in [0, 0.1) is 17.0 Å². The van der Waals surface area contributed by atoms with Crippen molar-refractivity contribution in [2.45, 2.75) is 25.9 Å². The number of hydrogen-bond acceptors (Lipinski definition) is 5. The van der Waals surface area contributed by atoms with Gasteiger partial charge in [0.2, 0.25) is 0 Å². The van der Waals surface area contributed by atoms with Gasteiger partial charge in [0.15, 0.2) is 0 Å². The van der Waals surface area contributed by atoms with Crippen LogP contribution in [-0.4, -0.2) is 40.6 Å². The minimum atomic E-state index is -0.564. The van der Waals surface area contributed by atoms with Crippen molar-refractivity contribution < 1.29 is 19.6 Å². The lowest BCUT2D eigenvalue weighted by molar-refractivity contribution is -0.385. The van der Waals surface area contributed by atoms with E-state index in [0.717, 1.165) is 11.1 Å². The fourth-order valence-electron chi connectivity index (χ4n) is 3.36. The quantitative estimate of drug-likeness (QED) is 0.671. The molecule has 1 N–H and O–H groups in total. The molecule has 136 valence electrons. The van der Waals surface area contributed by atoms with Crippen molar-refractivity contribution in [1.29, 1.82) is 0 Å². The number of methoxy groups -OCH3 is 1. The number of fused-ring (bicyclic) bond motifs is 1. The average molecular weight is 356 g/mol. The molecule has 3 rings (SSSR count). The predicted molar refractivity (Wildman–Crippen MR) is 95.3 cm³/mol. The van der Waals surface area contributed by atoms with E-state index in [0.29, 0.717) is 24.3 Å². The molecule has 7 nitrogen and oxygen atoms in total. The third kappa shape index (κ3) is 3.13. The molecule has 0 saturated heterocycles. The average Bonchev–Trinajstić information content (AvgIpc) is 2.65. The molecule has 7 heteroatoms. The summed E-state index contributed by atoms with van der Waals surface area (Å²) in [6.45, 7) is 1.78. The van der Waals surface area contributed by atoms with Crippen LogP contribution < -0.4 is 4.74 Å². The first-order valence-corrected chi connectivity index (χ1v) is 8.28. The Hall–Kier alpha value is -2.93. The van der Waals surface area contributed by atoms with E-state index in [1.165, 1.54) is 24.1 Å². The Morgan fingerprint density at radius 1 is 1.35 bits per heavy atom. The normalized spacial score (nSPS) is 16.1. The number of aliphatic hydroxyl groups excluding tert-OH is 1. The highest BCUT2D eigenvalue weighted by atomic mass is 16.6. The van der Waals surface area contributed by atoms with Gasteiger partial charge in [-0.05, 0) is 30.0 Å². The SMILES string of the molecule is COc1cc(C(=O)N2Cc3ccccc3C[C@H]2CO)c([N+](=O)[O-])cc1C. The van der Waals surface area contributed by atoms with Crippen molar-refractivity contribution >= 4 is 11.6 Å². The van der Waals surface area contributed by atoms with Crippen LogP contribution in [-0.2, 0) is 13.0 Å². The Balaban J connectivity index is 2.04. The van der Waals surface area contributed by atoms with E-state index in [1.54, 1.807) is 6.92 Å². The van der Waals surface area contributed by atoms with Crippen molar-refractivity contribution in [3.8, 4) is 5.75 Å². The highest BCUT2D eigenvalue weighted by Crippen LogP contribution is 2.32. The third-order valence-electron chi connectivity index (χ3n) is 4.77. The maximum absolute atomic E-state index is 13.1. The zero-order valence-electron chi connectivity index (χ0n) is 14.6. The molecule has 1 aliphatic heterocycles. The largest absolute Gasteiger partial charge is 0.496 e. The van der Waals surface area contributed by atoms with Gasteiger partial charge in [0, 0.05) is 18.7 Å². The van der Waals surface area contributed by atoms with Crippen LogP contribution in [0.1, 0.15) is 27.0 Å². The smallest absolute Gasteiger partial charge is 0.282 e. The summed E-state index contributed by atoms with van der Waals surface area (Å²) in [5.74, 6) is -0.0690. The lowest BCUT2D eigenvalue weighted by Gasteiger charge is -2.36. The summed E-state index contributed by atoms with van der Waals surface area (Å²) in [4.78, 5) is 25.5. The maximum Gasteiger partial charge on any atom is 0.282 e. The van der Waals surface area contributed by atoms with Crippen LogP contribution in [0.15, 0.2) is 36.4 Å². The molecule has 0 unspecified atom stereocenters. The van der Waals surface area contributed by atoms with Crippen LogP contribution in [0.3, 0.4) is 0 Å². The molecule has 1 heterocycles. The molecule has 0 radical (unpaired) electrons. The molecule has 26 heavy (non-hydrogen) atoms. The first kappa shape index (κ1) is 17.9. The van der Waals surface area contributed by atoms with Crippen molar-refractivity contribution in [3.63, 3.8) is 0 Å². The number of aryl methyl sites for hydroxylation is 1. The van der Waals surface area contributed by atoms with E-state index >= 15 is 0 Å². The number of carbonyl (C=O) groups is 1. The van der Waals surface area contributed by atoms with E-state index in [2.05, 4.69) is 0 Å². The molecule has 0 aromatic heterocycles. The molecule has 1 aliphatic rings. The summed E-state index contributed by atoms with van der Waals surface area (Å²) in [7, 11) is 1.45. The van der Waals surface area contributed by atoms with E-state index < -0.39 is 16.9 Å². The number of nitrogens with zero attached hydrogens (tertiary/aromatic N) is 2. The second-order valence-electron chi connectivity index (χ2n) is 6.34. The highest BCUT2D eigenvalue weighted by Gasteiger charge is 2.33. The summed E-state index contributed by atoms with van der Waals surface area (Å²) >= 11 is 0. The van der Waals surface area contributed by atoms with Gasteiger partial charge >= 0.3 is 0 Å². The number of rotatable bonds is 4. The van der Waals surface area contributed by atoms with E-state index in [-0.39, 0.29) is 17.9 Å².